The van der Waals surface area contributed by atoms with Crippen LogP contribution in [0, 0.1) is 11.8 Å². The molecule has 0 aromatic carbocycles. The molecule has 0 bridgehead atoms. The molecule has 0 spiro atoms. The van der Waals surface area contributed by atoms with Gasteiger partial charge >= 0.3 is 0 Å². The molecule has 0 heterocycles. The third kappa shape index (κ3) is 2.60. The van der Waals surface area contributed by atoms with E-state index in [4.69, 9.17) is 0 Å². The SMILES string of the molecule is CC(CNC(C1CC1)C1CC1)N(C)C1CC1. The fourth-order valence-corrected chi connectivity index (χ4v) is 2.92. The van der Waals surface area contributed by atoms with Gasteiger partial charge in [-0.05, 0) is 64.3 Å². The van der Waals surface area contributed by atoms with Gasteiger partial charge in [0.15, 0.2) is 0 Å². The first-order valence-electron chi connectivity index (χ1n) is 7.21. The van der Waals surface area contributed by atoms with E-state index < -0.39 is 0 Å². The molecule has 0 saturated heterocycles. The molecule has 3 aliphatic rings. The smallest absolute Gasteiger partial charge is 0.0192 e. The van der Waals surface area contributed by atoms with Gasteiger partial charge in [-0.25, -0.2) is 0 Å². The molecule has 0 amide bonds. The fraction of sp³-hybridized carbons (Fsp3) is 1.00. The van der Waals surface area contributed by atoms with E-state index in [0.29, 0.717) is 6.04 Å². The van der Waals surface area contributed by atoms with Gasteiger partial charge in [-0.3, -0.25) is 4.90 Å². The zero-order valence-electron chi connectivity index (χ0n) is 10.8. The summed E-state index contributed by atoms with van der Waals surface area (Å²) < 4.78 is 0. The number of nitrogens with one attached hydrogen (secondary N) is 1. The Bertz CT molecular complexity index is 229. The highest BCUT2D eigenvalue weighted by Crippen LogP contribution is 2.44. The molecule has 3 aliphatic carbocycles. The van der Waals surface area contributed by atoms with Crippen molar-refractivity contribution >= 4 is 0 Å². The molecule has 2 heteroatoms. The Kier molecular flexibility index (Phi) is 2.97. The highest BCUT2D eigenvalue weighted by atomic mass is 15.2. The molecular formula is C14H26N2. The van der Waals surface area contributed by atoms with Crippen LogP contribution >= 0.6 is 0 Å². The third-order valence-electron chi connectivity index (χ3n) is 4.73. The minimum absolute atomic E-state index is 0.715. The second kappa shape index (κ2) is 4.30. The summed E-state index contributed by atoms with van der Waals surface area (Å²) in [6, 6.07) is 2.49. The largest absolute Gasteiger partial charge is 0.312 e. The second-order valence-corrected chi connectivity index (χ2v) is 6.35. The number of nitrogens with zero attached hydrogens (tertiary/aromatic N) is 1. The summed E-state index contributed by atoms with van der Waals surface area (Å²) in [7, 11) is 2.30. The molecule has 1 atom stereocenters. The van der Waals surface area contributed by atoms with E-state index in [-0.39, 0.29) is 0 Å². The van der Waals surface area contributed by atoms with Crippen LogP contribution in [0.1, 0.15) is 45.4 Å². The van der Waals surface area contributed by atoms with Gasteiger partial charge in [0.05, 0.1) is 0 Å². The van der Waals surface area contributed by atoms with Crippen LogP contribution < -0.4 is 5.32 Å². The molecule has 3 rings (SSSR count). The van der Waals surface area contributed by atoms with Crippen LogP contribution in [0.4, 0.5) is 0 Å². The van der Waals surface area contributed by atoms with Gasteiger partial charge in [0, 0.05) is 24.7 Å². The van der Waals surface area contributed by atoms with Crippen molar-refractivity contribution in [3.05, 3.63) is 0 Å². The predicted octanol–water partition coefficient (Wildman–Crippen LogP) is 2.25. The second-order valence-electron chi connectivity index (χ2n) is 6.35. The molecule has 1 N–H and O–H groups in total. The van der Waals surface area contributed by atoms with Crippen molar-refractivity contribution in [2.45, 2.75) is 63.6 Å². The quantitative estimate of drug-likeness (QED) is 0.711. The Morgan fingerprint density at radius 1 is 1.06 bits per heavy atom. The first-order valence-corrected chi connectivity index (χ1v) is 7.21. The van der Waals surface area contributed by atoms with Gasteiger partial charge in [-0.2, -0.15) is 0 Å². The first kappa shape index (κ1) is 11.0. The lowest BCUT2D eigenvalue weighted by Gasteiger charge is -2.27. The van der Waals surface area contributed by atoms with Crippen molar-refractivity contribution in [1.29, 1.82) is 0 Å². The van der Waals surface area contributed by atoms with Crippen LogP contribution in [-0.4, -0.2) is 36.6 Å². The Balaban J connectivity index is 1.43. The lowest BCUT2D eigenvalue weighted by molar-refractivity contribution is 0.229. The topological polar surface area (TPSA) is 15.3 Å². The molecule has 16 heavy (non-hydrogen) atoms. The Morgan fingerprint density at radius 3 is 2.06 bits per heavy atom. The number of likely N-dealkylation sites (N-methyl/N-ethyl adjacent to an activating group) is 1. The molecule has 92 valence electrons. The van der Waals surface area contributed by atoms with Crippen LogP contribution in [0.3, 0.4) is 0 Å². The van der Waals surface area contributed by atoms with E-state index in [9.17, 15) is 0 Å². The van der Waals surface area contributed by atoms with Gasteiger partial charge in [0.1, 0.15) is 0 Å². The molecule has 0 aromatic rings. The van der Waals surface area contributed by atoms with E-state index in [1.165, 1.54) is 45.1 Å². The Labute approximate surface area is 99.8 Å². The summed E-state index contributed by atoms with van der Waals surface area (Å²) in [6.07, 6.45) is 8.80. The standard InChI is InChI=1S/C14H26N2/c1-10(16(2)13-7-8-13)9-15-14(11-3-4-11)12-5-6-12/h10-15H,3-9H2,1-2H3. The summed E-state index contributed by atoms with van der Waals surface area (Å²) in [5.74, 6) is 2.07. The van der Waals surface area contributed by atoms with Crippen LogP contribution in [0.15, 0.2) is 0 Å². The fourth-order valence-electron chi connectivity index (χ4n) is 2.92. The molecule has 0 radical (unpaired) electrons. The van der Waals surface area contributed by atoms with Crippen molar-refractivity contribution in [2.24, 2.45) is 11.8 Å². The predicted molar refractivity (Wildman–Crippen MR) is 67.5 cm³/mol. The zero-order valence-corrected chi connectivity index (χ0v) is 10.8. The summed E-state index contributed by atoms with van der Waals surface area (Å²) in [6.45, 7) is 3.58. The zero-order chi connectivity index (χ0) is 11.1. The van der Waals surface area contributed by atoms with Crippen molar-refractivity contribution < 1.29 is 0 Å². The third-order valence-corrected chi connectivity index (χ3v) is 4.73. The van der Waals surface area contributed by atoms with Crippen molar-refractivity contribution in [1.82, 2.24) is 10.2 Å². The van der Waals surface area contributed by atoms with E-state index in [1.807, 2.05) is 0 Å². The van der Waals surface area contributed by atoms with Gasteiger partial charge in [-0.1, -0.05) is 0 Å². The van der Waals surface area contributed by atoms with E-state index in [0.717, 1.165) is 23.9 Å². The molecule has 2 nitrogen and oxygen atoms in total. The number of rotatable bonds is 7. The molecule has 1 unspecified atom stereocenters. The maximum atomic E-state index is 3.87. The first-order chi connectivity index (χ1) is 7.75. The minimum Gasteiger partial charge on any atom is -0.312 e. The number of hydrogen-bond donors (Lipinski definition) is 1. The molecule has 3 fully saturated rings. The maximum absolute atomic E-state index is 3.87. The van der Waals surface area contributed by atoms with Crippen LogP contribution in [0.25, 0.3) is 0 Å². The highest BCUT2D eigenvalue weighted by Gasteiger charge is 2.41. The molecular weight excluding hydrogens is 196 g/mol. The van der Waals surface area contributed by atoms with Crippen LogP contribution in [0.2, 0.25) is 0 Å². The minimum atomic E-state index is 0.715. The number of hydrogen-bond acceptors (Lipinski definition) is 2. The van der Waals surface area contributed by atoms with E-state index in [2.05, 4.69) is 24.2 Å². The van der Waals surface area contributed by atoms with Crippen LogP contribution in [0.5, 0.6) is 0 Å². The van der Waals surface area contributed by atoms with E-state index >= 15 is 0 Å². The summed E-state index contributed by atoms with van der Waals surface area (Å²) in [5.41, 5.74) is 0. The summed E-state index contributed by atoms with van der Waals surface area (Å²) in [5, 5.41) is 3.87. The van der Waals surface area contributed by atoms with Crippen molar-refractivity contribution in [3.8, 4) is 0 Å². The van der Waals surface area contributed by atoms with Gasteiger partial charge in [-0.15, -0.1) is 0 Å². The summed E-state index contributed by atoms with van der Waals surface area (Å²) >= 11 is 0. The Hall–Kier alpha value is -0.0800. The van der Waals surface area contributed by atoms with E-state index in [1.54, 1.807) is 0 Å². The maximum Gasteiger partial charge on any atom is 0.0192 e. The van der Waals surface area contributed by atoms with Gasteiger partial charge in [0.25, 0.3) is 0 Å². The monoisotopic (exact) mass is 222 g/mol. The summed E-state index contributed by atoms with van der Waals surface area (Å²) in [4.78, 5) is 2.57. The lowest BCUT2D eigenvalue weighted by Crippen LogP contribution is -2.44. The average Bonchev–Trinajstić information content (AvgIpc) is 3.16. The average molecular weight is 222 g/mol. The van der Waals surface area contributed by atoms with Crippen molar-refractivity contribution in [3.63, 3.8) is 0 Å². The molecule has 0 aliphatic heterocycles. The van der Waals surface area contributed by atoms with Crippen molar-refractivity contribution in [2.75, 3.05) is 13.6 Å². The van der Waals surface area contributed by atoms with Gasteiger partial charge < -0.3 is 5.32 Å². The Morgan fingerprint density at radius 2 is 1.62 bits per heavy atom. The van der Waals surface area contributed by atoms with Crippen LogP contribution in [-0.2, 0) is 0 Å². The van der Waals surface area contributed by atoms with Gasteiger partial charge in [0.2, 0.25) is 0 Å². The molecule has 3 saturated carbocycles. The molecule has 0 aromatic heterocycles. The highest BCUT2D eigenvalue weighted by molar-refractivity contribution is 4.97. The normalized spacial score (nSPS) is 27.8. The lowest BCUT2D eigenvalue weighted by atomic mass is 10.1.